The fourth-order valence-electron chi connectivity index (χ4n) is 4.86. The summed E-state index contributed by atoms with van der Waals surface area (Å²) >= 11 is 0. The maximum Gasteiger partial charge on any atom is 0.332 e. The molecule has 37 heavy (non-hydrogen) atoms. The lowest BCUT2D eigenvalue weighted by atomic mass is 10.1. The average Bonchev–Trinajstić information content (AvgIpc) is 3.28. The largest absolute Gasteiger partial charge is 0.335 e. The zero-order valence-corrected chi connectivity index (χ0v) is 20.8. The smallest absolute Gasteiger partial charge is 0.332 e. The quantitative estimate of drug-likeness (QED) is 0.228. The highest BCUT2D eigenvalue weighted by Crippen LogP contribution is 2.24. The third-order valence-electron chi connectivity index (χ3n) is 6.74. The monoisotopic (exact) mass is 502 g/mol. The number of hydrogen-bond donors (Lipinski definition) is 0. The van der Waals surface area contributed by atoms with Crippen LogP contribution in [0.25, 0.3) is 22.1 Å². The number of fused-ring (bicyclic) bond motifs is 2. The molecule has 1 aliphatic rings. The summed E-state index contributed by atoms with van der Waals surface area (Å²) in [5, 5.41) is 12.4. The number of aromatic nitrogens is 6. The minimum Gasteiger partial charge on any atom is -0.335 e. The number of nitro groups is 1. The Bertz CT molecular complexity index is 1720. The topological polar surface area (TPSA) is 134 Å². The summed E-state index contributed by atoms with van der Waals surface area (Å²) in [4.78, 5) is 53.8. The highest BCUT2D eigenvalue weighted by Gasteiger charge is 2.32. The van der Waals surface area contributed by atoms with E-state index in [1.165, 1.54) is 4.57 Å². The summed E-state index contributed by atoms with van der Waals surface area (Å²) in [6.45, 7) is 4.32. The zero-order valence-electron chi connectivity index (χ0n) is 20.8. The lowest BCUT2D eigenvalue weighted by Gasteiger charge is -2.29. The van der Waals surface area contributed by atoms with E-state index in [1.54, 1.807) is 23.4 Å². The van der Waals surface area contributed by atoms with E-state index in [0.717, 1.165) is 21.2 Å². The lowest BCUT2D eigenvalue weighted by molar-refractivity contribution is -0.521. The average molecular weight is 503 g/mol. The molecule has 0 bridgehead atoms. The zero-order chi connectivity index (χ0) is 26.3. The molecule has 0 N–H and O–H groups in total. The second-order valence-corrected chi connectivity index (χ2v) is 9.10. The van der Waals surface area contributed by atoms with Crippen LogP contribution in [-0.4, -0.2) is 52.7 Å². The third kappa shape index (κ3) is 4.22. The molecule has 12 nitrogen and oxygen atoms in total. The van der Waals surface area contributed by atoms with E-state index in [-0.39, 0.29) is 35.7 Å². The maximum atomic E-state index is 13.8. The molecule has 1 atom stereocenters. The van der Waals surface area contributed by atoms with E-state index >= 15 is 0 Å². The lowest BCUT2D eigenvalue weighted by Crippen LogP contribution is -2.43. The van der Waals surface area contributed by atoms with E-state index < -0.39 is 17.3 Å². The molecule has 190 valence electrons. The van der Waals surface area contributed by atoms with Crippen molar-refractivity contribution in [2.24, 2.45) is 7.05 Å². The number of nitrogens with zero attached hydrogens (tertiary/aromatic N) is 8. The number of piperidine rings is 1. The fourth-order valence-corrected chi connectivity index (χ4v) is 4.86. The van der Waals surface area contributed by atoms with Gasteiger partial charge in [-0.15, -0.1) is 5.92 Å². The van der Waals surface area contributed by atoms with Crippen LogP contribution >= 0.6 is 0 Å². The highest BCUT2D eigenvalue weighted by atomic mass is 16.6. The molecule has 12 heteroatoms. The van der Waals surface area contributed by atoms with E-state index in [2.05, 4.69) is 26.8 Å². The number of benzene rings is 1. The van der Waals surface area contributed by atoms with Gasteiger partial charge >= 0.3 is 5.69 Å². The number of imidazole rings is 1. The number of aryl methyl sites for hydroxylation is 2. The van der Waals surface area contributed by atoms with Gasteiger partial charge in [0.05, 0.1) is 25.2 Å². The van der Waals surface area contributed by atoms with E-state index in [9.17, 15) is 19.7 Å². The van der Waals surface area contributed by atoms with Crippen molar-refractivity contribution in [1.82, 2.24) is 28.7 Å². The standard InChI is InChI=1S/C25H26N8O4/c1-4-5-13-31-21-22(28-24(31)30-12-8-9-17(14-30)33(36)37)29(3)25(35)32(23(21)34)15-20-26-16(2)18-10-6-7-11-19(18)27-20/h6-7,10-11,17H,8-9,12-15H2,1-3H3. The second-order valence-electron chi connectivity index (χ2n) is 9.10. The van der Waals surface area contributed by atoms with E-state index in [4.69, 9.17) is 0 Å². The highest BCUT2D eigenvalue weighted by molar-refractivity contribution is 5.80. The Kier molecular flexibility index (Phi) is 6.20. The molecule has 1 fully saturated rings. The number of hydrogen-bond acceptors (Lipinski definition) is 8. The molecule has 1 aliphatic heterocycles. The van der Waals surface area contributed by atoms with Gasteiger partial charge in [-0.2, -0.15) is 4.98 Å². The Hall–Kier alpha value is -4.53. The SMILES string of the molecule is CC#CCn1c(N2CCCC([N+](=O)[O-])C2)nc2c1c(=O)n(Cc1nc(C)c3ccccc3n1)c(=O)n2C. The van der Waals surface area contributed by atoms with Gasteiger partial charge in [-0.05, 0) is 26.3 Å². The van der Waals surface area contributed by atoms with Crippen molar-refractivity contribution in [3.8, 4) is 11.8 Å². The van der Waals surface area contributed by atoms with Crippen LogP contribution < -0.4 is 16.1 Å². The second kappa shape index (κ2) is 9.50. The number of rotatable bonds is 5. The van der Waals surface area contributed by atoms with Crippen LogP contribution in [0.1, 0.15) is 31.3 Å². The number of anilines is 1. The predicted octanol–water partition coefficient (Wildman–Crippen LogP) is 1.47. The Morgan fingerprint density at radius 1 is 1.16 bits per heavy atom. The van der Waals surface area contributed by atoms with Crippen molar-refractivity contribution in [1.29, 1.82) is 0 Å². The Morgan fingerprint density at radius 2 is 1.95 bits per heavy atom. The first kappa shape index (κ1) is 24.2. The molecular weight excluding hydrogens is 476 g/mol. The fraction of sp³-hybridized carbons (Fsp3) is 0.400. The third-order valence-corrected chi connectivity index (χ3v) is 6.74. The van der Waals surface area contributed by atoms with Gasteiger partial charge in [0.1, 0.15) is 5.82 Å². The van der Waals surface area contributed by atoms with Crippen LogP contribution in [-0.2, 0) is 20.1 Å². The normalized spacial score (nSPS) is 15.6. The summed E-state index contributed by atoms with van der Waals surface area (Å²) in [5.74, 6) is 6.54. The molecule has 3 aromatic heterocycles. The summed E-state index contributed by atoms with van der Waals surface area (Å²) in [7, 11) is 1.55. The van der Waals surface area contributed by atoms with Crippen LogP contribution in [0.15, 0.2) is 33.9 Å². The first-order valence-corrected chi connectivity index (χ1v) is 12.0. The van der Waals surface area contributed by atoms with Crippen LogP contribution in [0.2, 0.25) is 0 Å². The van der Waals surface area contributed by atoms with Gasteiger partial charge in [0.25, 0.3) is 5.56 Å². The van der Waals surface area contributed by atoms with Gasteiger partial charge < -0.3 is 4.90 Å². The maximum absolute atomic E-state index is 13.8. The van der Waals surface area contributed by atoms with Gasteiger partial charge in [-0.25, -0.2) is 14.8 Å². The molecule has 0 radical (unpaired) electrons. The molecular formula is C25H26N8O4. The number of para-hydroxylation sites is 1. The van der Waals surface area contributed by atoms with Crippen molar-refractivity contribution in [2.45, 2.75) is 45.8 Å². The van der Waals surface area contributed by atoms with Crippen LogP contribution in [0, 0.1) is 28.9 Å². The molecule has 0 spiro atoms. The van der Waals surface area contributed by atoms with Gasteiger partial charge in [0.2, 0.25) is 12.0 Å². The Morgan fingerprint density at radius 3 is 2.70 bits per heavy atom. The molecule has 5 rings (SSSR count). The van der Waals surface area contributed by atoms with Gasteiger partial charge in [-0.1, -0.05) is 24.1 Å². The van der Waals surface area contributed by atoms with Crippen LogP contribution in [0.3, 0.4) is 0 Å². The molecule has 1 aromatic carbocycles. The molecule has 0 amide bonds. The molecule has 1 saturated heterocycles. The predicted molar refractivity (Wildman–Crippen MR) is 138 cm³/mol. The van der Waals surface area contributed by atoms with Gasteiger partial charge in [0, 0.05) is 36.0 Å². The molecule has 0 saturated carbocycles. The molecule has 0 aliphatic carbocycles. The first-order chi connectivity index (χ1) is 17.8. The Balaban J connectivity index is 1.67. The molecule has 4 aromatic rings. The Labute approximate surface area is 211 Å². The van der Waals surface area contributed by atoms with Crippen molar-refractivity contribution >= 4 is 28.0 Å². The van der Waals surface area contributed by atoms with E-state index in [1.807, 2.05) is 31.2 Å². The van der Waals surface area contributed by atoms with Gasteiger partial charge in [-0.3, -0.25) is 28.6 Å². The van der Waals surface area contributed by atoms with Crippen molar-refractivity contribution in [3.63, 3.8) is 0 Å². The van der Waals surface area contributed by atoms with Crippen molar-refractivity contribution < 1.29 is 4.92 Å². The van der Waals surface area contributed by atoms with E-state index in [0.29, 0.717) is 31.2 Å². The van der Waals surface area contributed by atoms with Crippen molar-refractivity contribution in [3.05, 3.63) is 66.7 Å². The van der Waals surface area contributed by atoms with Crippen molar-refractivity contribution in [2.75, 3.05) is 18.0 Å². The summed E-state index contributed by atoms with van der Waals surface area (Å²) in [5.41, 5.74) is 0.812. The first-order valence-electron chi connectivity index (χ1n) is 12.0. The van der Waals surface area contributed by atoms with Crippen LogP contribution in [0.5, 0.6) is 0 Å². The summed E-state index contributed by atoms with van der Waals surface area (Å²) < 4.78 is 4.07. The molecule has 1 unspecified atom stereocenters. The summed E-state index contributed by atoms with van der Waals surface area (Å²) in [6, 6.07) is 6.83. The summed E-state index contributed by atoms with van der Waals surface area (Å²) in [6.07, 6.45) is 1.10. The van der Waals surface area contributed by atoms with Crippen LogP contribution in [0.4, 0.5) is 5.95 Å². The minimum absolute atomic E-state index is 0.111. The minimum atomic E-state index is -0.729. The molecule has 4 heterocycles. The van der Waals surface area contributed by atoms with Gasteiger partial charge in [0.15, 0.2) is 11.2 Å².